The lowest BCUT2D eigenvalue weighted by Crippen LogP contribution is -2.30. The van der Waals surface area contributed by atoms with Crippen LogP contribution in [-0.4, -0.2) is 33.5 Å². The van der Waals surface area contributed by atoms with Crippen molar-refractivity contribution in [1.82, 2.24) is 0 Å². The second-order valence-electron chi connectivity index (χ2n) is 6.00. The topological polar surface area (TPSA) is 125 Å². The number of hydrogen-bond donors (Lipinski definition) is 2. The number of carbonyl (C=O) groups is 2. The van der Waals surface area contributed by atoms with Gasteiger partial charge in [0.2, 0.25) is 10.0 Å². The molecule has 0 aliphatic rings. The molecule has 9 heteroatoms. The molecule has 2 aromatic rings. The third kappa shape index (κ3) is 5.30. The maximum Gasteiger partial charge on any atom is 0.338 e. The molecule has 1 amide bonds. The van der Waals surface area contributed by atoms with Gasteiger partial charge in [0, 0.05) is 5.69 Å². The van der Waals surface area contributed by atoms with E-state index in [9.17, 15) is 18.0 Å². The summed E-state index contributed by atoms with van der Waals surface area (Å²) >= 11 is 0. The summed E-state index contributed by atoms with van der Waals surface area (Å²) in [6.45, 7) is 3.44. The number of nitrogens with two attached hydrogens (primary N) is 1. The first-order valence-corrected chi connectivity index (χ1v) is 10.0. The highest BCUT2D eigenvalue weighted by molar-refractivity contribution is 7.89. The molecule has 0 spiro atoms. The van der Waals surface area contributed by atoms with E-state index in [4.69, 9.17) is 14.6 Å². The van der Waals surface area contributed by atoms with Gasteiger partial charge in [-0.3, -0.25) is 4.79 Å². The molecule has 1 atom stereocenters. The van der Waals surface area contributed by atoms with Crippen molar-refractivity contribution in [1.29, 1.82) is 0 Å². The summed E-state index contributed by atoms with van der Waals surface area (Å²) in [5.41, 5.74) is 1.63. The molecule has 1 unspecified atom stereocenters. The molecule has 0 aliphatic heterocycles. The van der Waals surface area contributed by atoms with Crippen molar-refractivity contribution in [2.45, 2.75) is 31.3 Å². The fourth-order valence-corrected chi connectivity index (χ4v) is 3.10. The van der Waals surface area contributed by atoms with E-state index >= 15 is 0 Å². The van der Waals surface area contributed by atoms with Crippen molar-refractivity contribution in [3.05, 3.63) is 53.6 Å². The number of benzene rings is 2. The number of amides is 1. The number of rotatable bonds is 7. The largest absolute Gasteiger partial charge is 0.495 e. The summed E-state index contributed by atoms with van der Waals surface area (Å²) in [5, 5.41) is 7.79. The highest BCUT2D eigenvalue weighted by Crippen LogP contribution is 2.24. The van der Waals surface area contributed by atoms with Crippen LogP contribution in [0.4, 0.5) is 5.69 Å². The van der Waals surface area contributed by atoms with Crippen LogP contribution in [0.25, 0.3) is 0 Å². The van der Waals surface area contributed by atoms with Crippen LogP contribution in [0.2, 0.25) is 0 Å². The number of sulfonamides is 1. The van der Waals surface area contributed by atoms with E-state index in [2.05, 4.69) is 5.32 Å². The molecule has 0 saturated carbocycles. The second kappa shape index (κ2) is 8.85. The summed E-state index contributed by atoms with van der Waals surface area (Å²) in [5.74, 6) is -1.38. The number of esters is 1. The number of aryl methyl sites for hydroxylation is 1. The minimum absolute atomic E-state index is 0.000340. The van der Waals surface area contributed by atoms with E-state index in [1.807, 2.05) is 19.1 Å². The highest BCUT2D eigenvalue weighted by atomic mass is 32.2. The number of ether oxygens (including phenoxy) is 2. The number of hydrogen-bond acceptors (Lipinski definition) is 6. The molecule has 2 rings (SSSR count). The first kappa shape index (κ1) is 21.4. The zero-order chi connectivity index (χ0) is 20.9. The van der Waals surface area contributed by atoms with Gasteiger partial charge in [-0.15, -0.1) is 0 Å². The fraction of sp³-hybridized carbons (Fsp3) is 0.263. The van der Waals surface area contributed by atoms with Gasteiger partial charge in [0.15, 0.2) is 6.10 Å². The zero-order valence-electron chi connectivity index (χ0n) is 15.8. The normalized spacial score (nSPS) is 12.1. The predicted octanol–water partition coefficient (Wildman–Crippen LogP) is 2.09. The molecule has 150 valence electrons. The Bertz CT molecular complexity index is 970. The molecule has 0 aromatic heterocycles. The van der Waals surface area contributed by atoms with Gasteiger partial charge in [-0.25, -0.2) is 18.4 Å². The van der Waals surface area contributed by atoms with Crippen LogP contribution in [0.3, 0.4) is 0 Å². The summed E-state index contributed by atoms with van der Waals surface area (Å²) in [4.78, 5) is 24.2. The molecule has 0 saturated heterocycles. The van der Waals surface area contributed by atoms with Crippen molar-refractivity contribution >= 4 is 27.6 Å². The molecule has 3 N–H and O–H groups in total. The van der Waals surface area contributed by atoms with Crippen LogP contribution in [0.1, 0.15) is 29.8 Å². The summed E-state index contributed by atoms with van der Waals surface area (Å²) in [6, 6.07) is 10.9. The lowest BCUT2D eigenvalue weighted by molar-refractivity contribution is -0.123. The van der Waals surface area contributed by atoms with Crippen molar-refractivity contribution in [3.63, 3.8) is 0 Å². The number of anilines is 1. The van der Waals surface area contributed by atoms with Crippen LogP contribution in [0.15, 0.2) is 47.4 Å². The maximum absolute atomic E-state index is 12.3. The molecule has 0 fully saturated rings. The second-order valence-corrected chi connectivity index (χ2v) is 7.53. The van der Waals surface area contributed by atoms with E-state index in [-0.39, 0.29) is 16.2 Å². The minimum Gasteiger partial charge on any atom is -0.495 e. The molecular weight excluding hydrogens is 384 g/mol. The number of primary sulfonamides is 1. The van der Waals surface area contributed by atoms with Gasteiger partial charge in [-0.1, -0.05) is 19.1 Å². The molecule has 0 aliphatic carbocycles. The van der Waals surface area contributed by atoms with E-state index in [1.54, 1.807) is 12.1 Å². The smallest absolute Gasteiger partial charge is 0.338 e. The van der Waals surface area contributed by atoms with E-state index < -0.39 is 28.0 Å². The van der Waals surface area contributed by atoms with Gasteiger partial charge < -0.3 is 14.8 Å². The molecule has 8 nitrogen and oxygen atoms in total. The standard InChI is InChI=1S/C19H22N2O6S/c1-4-13-5-8-15(9-6-13)21-18(22)12(2)27-19(23)14-7-10-16(26-3)17(11-14)28(20,24)25/h5-12H,4H2,1-3H3,(H,21,22)(H2,20,24,25). The zero-order valence-corrected chi connectivity index (χ0v) is 16.6. The van der Waals surface area contributed by atoms with Gasteiger partial charge in [-0.05, 0) is 49.2 Å². The SMILES string of the molecule is CCc1ccc(NC(=O)C(C)OC(=O)c2ccc(OC)c(S(N)(=O)=O)c2)cc1. The Kier molecular flexibility index (Phi) is 6.76. The van der Waals surface area contributed by atoms with Crippen molar-refractivity contribution in [3.8, 4) is 5.75 Å². The van der Waals surface area contributed by atoms with Gasteiger partial charge in [0.25, 0.3) is 5.91 Å². The van der Waals surface area contributed by atoms with Crippen LogP contribution in [-0.2, 0) is 26.0 Å². The van der Waals surface area contributed by atoms with Gasteiger partial charge in [0.05, 0.1) is 12.7 Å². The highest BCUT2D eigenvalue weighted by Gasteiger charge is 2.22. The average molecular weight is 406 g/mol. The average Bonchev–Trinajstić information content (AvgIpc) is 2.67. The first-order valence-electron chi connectivity index (χ1n) is 8.47. The summed E-state index contributed by atoms with van der Waals surface area (Å²) in [6.07, 6.45) is -0.219. The third-order valence-electron chi connectivity index (χ3n) is 3.99. The third-order valence-corrected chi connectivity index (χ3v) is 4.92. The Morgan fingerprint density at radius 3 is 2.32 bits per heavy atom. The van der Waals surface area contributed by atoms with Crippen LogP contribution in [0.5, 0.6) is 5.75 Å². The Labute approximate surface area is 163 Å². The van der Waals surface area contributed by atoms with E-state index in [0.29, 0.717) is 5.69 Å². The fourth-order valence-electron chi connectivity index (χ4n) is 2.38. The monoisotopic (exact) mass is 406 g/mol. The quantitative estimate of drug-likeness (QED) is 0.678. The Balaban J connectivity index is 2.09. The van der Waals surface area contributed by atoms with E-state index in [1.165, 1.54) is 26.2 Å². The van der Waals surface area contributed by atoms with Crippen LogP contribution < -0.4 is 15.2 Å². The van der Waals surface area contributed by atoms with Crippen LogP contribution in [0, 0.1) is 0 Å². The Hall–Kier alpha value is -2.91. The first-order chi connectivity index (χ1) is 13.2. The number of carbonyl (C=O) groups excluding carboxylic acids is 2. The Morgan fingerprint density at radius 1 is 1.14 bits per heavy atom. The lowest BCUT2D eigenvalue weighted by atomic mass is 10.1. The maximum atomic E-state index is 12.3. The molecule has 2 aromatic carbocycles. The van der Waals surface area contributed by atoms with Gasteiger partial charge >= 0.3 is 5.97 Å². The van der Waals surface area contributed by atoms with Gasteiger partial charge in [0.1, 0.15) is 10.6 Å². The van der Waals surface area contributed by atoms with E-state index in [0.717, 1.165) is 18.1 Å². The lowest BCUT2D eigenvalue weighted by Gasteiger charge is -2.14. The van der Waals surface area contributed by atoms with Crippen molar-refractivity contribution < 1.29 is 27.5 Å². The minimum atomic E-state index is -4.10. The van der Waals surface area contributed by atoms with Crippen molar-refractivity contribution in [2.24, 2.45) is 5.14 Å². The summed E-state index contributed by atoms with van der Waals surface area (Å²) < 4.78 is 33.4. The van der Waals surface area contributed by atoms with Crippen molar-refractivity contribution in [2.75, 3.05) is 12.4 Å². The van der Waals surface area contributed by atoms with Gasteiger partial charge in [-0.2, -0.15) is 0 Å². The number of nitrogens with one attached hydrogen (secondary N) is 1. The molecule has 0 heterocycles. The van der Waals surface area contributed by atoms with Crippen LogP contribution >= 0.6 is 0 Å². The predicted molar refractivity (Wildman–Crippen MR) is 104 cm³/mol. The summed E-state index contributed by atoms with van der Waals surface area (Å²) in [7, 11) is -2.83. The molecular formula is C19H22N2O6S. The molecule has 28 heavy (non-hydrogen) atoms. The molecule has 0 radical (unpaired) electrons. The molecule has 0 bridgehead atoms. The number of methoxy groups -OCH3 is 1. The Morgan fingerprint density at radius 2 is 1.79 bits per heavy atom.